The number of rotatable bonds is 0. The maximum absolute atomic E-state index is 12.1. The predicted octanol–water partition coefficient (Wildman–Crippen LogP) is 1.63. The van der Waals surface area contributed by atoms with Crippen LogP contribution < -0.4 is 10.6 Å². The zero-order valence-electron chi connectivity index (χ0n) is 9.79. The van der Waals surface area contributed by atoms with Crippen LogP contribution >= 0.6 is 0 Å². The molecule has 0 aromatic heterocycles. The van der Waals surface area contributed by atoms with Crippen LogP contribution in [0.3, 0.4) is 0 Å². The molecule has 0 radical (unpaired) electrons. The quantitative estimate of drug-likeness (QED) is 0.710. The Morgan fingerprint density at radius 3 is 3.18 bits per heavy atom. The Labute approximate surface area is 100 Å². The molecule has 2 heterocycles. The van der Waals surface area contributed by atoms with Crippen molar-refractivity contribution in [1.29, 1.82) is 0 Å². The lowest BCUT2D eigenvalue weighted by atomic mass is 9.96. The van der Waals surface area contributed by atoms with Gasteiger partial charge in [-0.1, -0.05) is 6.07 Å². The standard InChI is InChI=1S/C13H15N3O/c1-8-2-3-11-12(6-8)15-10-4-5-14-7-9(10)13(17)16-11/h2-3,6,9,14H,4-5,7H2,1H3,(H,16,17). The van der Waals surface area contributed by atoms with Gasteiger partial charge in [-0.2, -0.15) is 0 Å². The molecule has 1 amide bonds. The number of benzene rings is 1. The van der Waals surface area contributed by atoms with E-state index < -0.39 is 0 Å². The number of nitrogens with one attached hydrogen (secondary N) is 2. The van der Waals surface area contributed by atoms with Gasteiger partial charge in [0.05, 0.1) is 17.3 Å². The lowest BCUT2D eigenvalue weighted by Crippen LogP contribution is -2.42. The number of amides is 1. The highest BCUT2D eigenvalue weighted by Crippen LogP contribution is 2.31. The predicted molar refractivity (Wildman–Crippen MR) is 67.9 cm³/mol. The summed E-state index contributed by atoms with van der Waals surface area (Å²) in [5.74, 6) is -0.0602. The molecule has 3 rings (SSSR count). The summed E-state index contributed by atoms with van der Waals surface area (Å²) >= 11 is 0. The topological polar surface area (TPSA) is 53.5 Å². The van der Waals surface area contributed by atoms with Crippen LogP contribution in [0.1, 0.15) is 12.0 Å². The van der Waals surface area contributed by atoms with Crippen LogP contribution in [-0.2, 0) is 4.79 Å². The van der Waals surface area contributed by atoms with E-state index in [1.165, 1.54) is 0 Å². The van der Waals surface area contributed by atoms with E-state index in [-0.39, 0.29) is 11.8 Å². The van der Waals surface area contributed by atoms with Crippen LogP contribution in [0.5, 0.6) is 0 Å². The van der Waals surface area contributed by atoms with E-state index in [4.69, 9.17) is 0 Å². The van der Waals surface area contributed by atoms with E-state index in [0.717, 1.165) is 35.6 Å². The van der Waals surface area contributed by atoms with E-state index in [2.05, 4.69) is 15.6 Å². The Kier molecular flexibility index (Phi) is 2.44. The molecular weight excluding hydrogens is 214 g/mol. The summed E-state index contributed by atoms with van der Waals surface area (Å²) in [4.78, 5) is 16.7. The number of carbonyl (C=O) groups excluding carboxylic acids is 1. The molecule has 4 heteroatoms. The molecule has 4 nitrogen and oxygen atoms in total. The summed E-state index contributed by atoms with van der Waals surface area (Å²) in [5, 5.41) is 6.19. The highest BCUT2D eigenvalue weighted by Gasteiger charge is 2.29. The number of hydrogen-bond acceptors (Lipinski definition) is 3. The van der Waals surface area contributed by atoms with Crippen molar-refractivity contribution < 1.29 is 4.79 Å². The second-order valence-electron chi connectivity index (χ2n) is 4.62. The van der Waals surface area contributed by atoms with E-state index in [1.807, 2.05) is 25.1 Å². The lowest BCUT2D eigenvalue weighted by molar-refractivity contribution is -0.118. The van der Waals surface area contributed by atoms with Crippen molar-refractivity contribution in [3.8, 4) is 0 Å². The Bertz CT molecular complexity index is 507. The van der Waals surface area contributed by atoms with Gasteiger partial charge in [-0.3, -0.25) is 9.79 Å². The third-order valence-electron chi connectivity index (χ3n) is 3.30. The van der Waals surface area contributed by atoms with E-state index in [0.29, 0.717) is 6.54 Å². The van der Waals surface area contributed by atoms with Gasteiger partial charge in [0, 0.05) is 18.8 Å². The van der Waals surface area contributed by atoms with Gasteiger partial charge < -0.3 is 10.6 Å². The molecule has 2 N–H and O–H groups in total. The van der Waals surface area contributed by atoms with Gasteiger partial charge in [0.2, 0.25) is 5.91 Å². The molecule has 2 aliphatic heterocycles. The second-order valence-corrected chi connectivity index (χ2v) is 4.62. The minimum atomic E-state index is -0.114. The summed E-state index contributed by atoms with van der Waals surface area (Å²) < 4.78 is 0. The number of aliphatic imine (C=N–C) groups is 1. The van der Waals surface area contributed by atoms with E-state index in [9.17, 15) is 4.79 Å². The molecule has 0 bridgehead atoms. The SMILES string of the molecule is Cc1ccc2c(c1)N=C1CCNCC1C(=O)N2. The molecule has 1 aromatic rings. The lowest BCUT2D eigenvalue weighted by Gasteiger charge is -2.22. The minimum absolute atomic E-state index is 0.0542. The molecule has 1 saturated heterocycles. The number of hydrogen-bond donors (Lipinski definition) is 2. The average molecular weight is 229 g/mol. The summed E-state index contributed by atoms with van der Waals surface area (Å²) in [6, 6.07) is 5.94. The third kappa shape index (κ3) is 1.85. The van der Waals surface area contributed by atoms with Gasteiger partial charge in [-0.05, 0) is 31.0 Å². The first kappa shape index (κ1) is 10.5. The monoisotopic (exact) mass is 229 g/mol. The fourth-order valence-corrected chi connectivity index (χ4v) is 2.35. The second kappa shape index (κ2) is 3.96. The minimum Gasteiger partial charge on any atom is -0.324 e. The molecule has 1 unspecified atom stereocenters. The van der Waals surface area contributed by atoms with Gasteiger partial charge in [0.25, 0.3) is 0 Å². The first-order chi connectivity index (χ1) is 8.24. The number of piperidine rings is 1. The highest BCUT2D eigenvalue weighted by atomic mass is 16.2. The van der Waals surface area contributed by atoms with E-state index >= 15 is 0 Å². The Morgan fingerprint density at radius 2 is 2.29 bits per heavy atom. The van der Waals surface area contributed by atoms with Crippen molar-refractivity contribution >= 4 is 23.0 Å². The van der Waals surface area contributed by atoms with Crippen molar-refractivity contribution in [2.24, 2.45) is 10.9 Å². The Hall–Kier alpha value is -1.68. The molecular formula is C13H15N3O. The molecule has 17 heavy (non-hydrogen) atoms. The molecule has 88 valence electrons. The summed E-state index contributed by atoms with van der Waals surface area (Å²) in [5.41, 5.74) is 3.88. The number of nitrogens with zero attached hydrogens (tertiary/aromatic N) is 1. The fourth-order valence-electron chi connectivity index (χ4n) is 2.35. The number of anilines is 1. The molecule has 0 spiro atoms. The largest absolute Gasteiger partial charge is 0.324 e. The molecule has 2 aliphatic rings. The van der Waals surface area contributed by atoms with Crippen molar-refractivity contribution in [2.75, 3.05) is 18.4 Å². The van der Waals surface area contributed by atoms with Gasteiger partial charge in [0.15, 0.2) is 0 Å². The van der Waals surface area contributed by atoms with Crippen molar-refractivity contribution in [3.63, 3.8) is 0 Å². The smallest absolute Gasteiger partial charge is 0.234 e. The normalized spacial score (nSPS) is 23.0. The van der Waals surface area contributed by atoms with Crippen LogP contribution in [0.25, 0.3) is 0 Å². The molecule has 1 atom stereocenters. The molecule has 0 aliphatic carbocycles. The van der Waals surface area contributed by atoms with E-state index in [1.54, 1.807) is 0 Å². The highest BCUT2D eigenvalue weighted by molar-refractivity contribution is 6.13. The van der Waals surface area contributed by atoms with Crippen LogP contribution in [0.15, 0.2) is 23.2 Å². The van der Waals surface area contributed by atoms with Gasteiger partial charge in [-0.15, -0.1) is 0 Å². The van der Waals surface area contributed by atoms with Gasteiger partial charge in [0.1, 0.15) is 0 Å². The van der Waals surface area contributed by atoms with Crippen LogP contribution in [0, 0.1) is 12.8 Å². The van der Waals surface area contributed by atoms with Crippen LogP contribution in [0.2, 0.25) is 0 Å². The average Bonchev–Trinajstić information content (AvgIpc) is 2.46. The zero-order valence-corrected chi connectivity index (χ0v) is 9.79. The summed E-state index contributed by atoms with van der Waals surface area (Å²) in [7, 11) is 0. The number of aryl methyl sites for hydroxylation is 1. The van der Waals surface area contributed by atoms with Crippen molar-refractivity contribution in [2.45, 2.75) is 13.3 Å². The first-order valence-corrected chi connectivity index (χ1v) is 5.94. The van der Waals surface area contributed by atoms with Crippen LogP contribution in [-0.4, -0.2) is 24.7 Å². The first-order valence-electron chi connectivity index (χ1n) is 5.94. The van der Waals surface area contributed by atoms with Crippen molar-refractivity contribution in [3.05, 3.63) is 23.8 Å². The maximum Gasteiger partial charge on any atom is 0.234 e. The summed E-state index contributed by atoms with van der Waals surface area (Å²) in [6.07, 6.45) is 0.853. The molecule has 0 saturated carbocycles. The maximum atomic E-state index is 12.1. The Morgan fingerprint density at radius 1 is 1.41 bits per heavy atom. The number of carbonyl (C=O) groups is 1. The van der Waals surface area contributed by atoms with Crippen molar-refractivity contribution in [1.82, 2.24) is 5.32 Å². The summed E-state index contributed by atoms with van der Waals surface area (Å²) in [6.45, 7) is 3.63. The zero-order chi connectivity index (χ0) is 11.8. The Balaban J connectivity index is 2.09. The van der Waals surface area contributed by atoms with Crippen LogP contribution in [0.4, 0.5) is 11.4 Å². The van der Waals surface area contributed by atoms with Gasteiger partial charge in [-0.25, -0.2) is 0 Å². The number of fused-ring (bicyclic) bond motifs is 2. The van der Waals surface area contributed by atoms with Gasteiger partial charge >= 0.3 is 0 Å². The molecule has 1 fully saturated rings. The fraction of sp³-hybridized carbons (Fsp3) is 0.385. The molecule has 1 aromatic carbocycles. The third-order valence-corrected chi connectivity index (χ3v) is 3.30.